The molecule has 1 fully saturated rings. The van der Waals surface area contributed by atoms with Gasteiger partial charge in [0, 0.05) is 30.6 Å². The molecular weight excluding hydrogens is 627 g/mol. The summed E-state index contributed by atoms with van der Waals surface area (Å²) in [7, 11) is 1.62. The summed E-state index contributed by atoms with van der Waals surface area (Å²) >= 11 is 1.36. The predicted molar refractivity (Wildman–Crippen MR) is 199 cm³/mol. The highest BCUT2D eigenvalue weighted by atomic mass is 32.2. The summed E-state index contributed by atoms with van der Waals surface area (Å²) in [6, 6.07) is 41.9. The van der Waals surface area contributed by atoms with Crippen LogP contribution in [0.1, 0.15) is 58.1 Å². The fourth-order valence-corrected chi connectivity index (χ4v) is 8.12. The Hall–Kier alpha value is -5.27. The highest BCUT2D eigenvalue weighted by Crippen LogP contribution is 2.50. The summed E-state index contributed by atoms with van der Waals surface area (Å²) in [4.78, 5) is 21.4. The number of nitrogens with one attached hydrogen (secondary N) is 1. The van der Waals surface area contributed by atoms with Crippen molar-refractivity contribution in [3.05, 3.63) is 160 Å². The first-order valence-electron chi connectivity index (χ1n) is 16.8. The molecule has 3 aliphatic heterocycles. The number of benzene rings is 5. The number of methoxy groups -OCH3 is 1. The van der Waals surface area contributed by atoms with E-state index in [1.165, 1.54) is 39.7 Å². The highest BCUT2D eigenvalue weighted by molar-refractivity contribution is 8.18. The molecule has 0 aliphatic carbocycles. The van der Waals surface area contributed by atoms with E-state index in [9.17, 15) is 4.79 Å². The number of amides is 1. The zero-order valence-corrected chi connectivity index (χ0v) is 28.2. The zero-order chi connectivity index (χ0) is 33.2. The van der Waals surface area contributed by atoms with E-state index in [2.05, 4.69) is 83.0 Å². The van der Waals surface area contributed by atoms with Gasteiger partial charge in [-0.3, -0.25) is 4.79 Å². The fourth-order valence-electron chi connectivity index (χ4n) is 7.28. The summed E-state index contributed by atoms with van der Waals surface area (Å²) in [6.07, 6.45) is 3.99. The molecule has 5 aromatic carbocycles. The van der Waals surface area contributed by atoms with E-state index in [4.69, 9.17) is 14.5 Å². The molecule has 1 N–H and O–H groups in total. The van der Waals surface area contributed by atoms with Crippen molar-refractivity contribution in [1.29, 1.82) is 0 Å². The number of anilines is 1. The first-order valence-corrected chi connectivity index (χ1v) is 17.6. The van der Waals surface area contributed by atoms with Crippen LogP contribution in [0.3, 0.4) is 0 Å². The Morgan fingerprint density at radius 2 is 1.41 bits per heavy atom. The molecule has 0 saturated carbocycles. The molecular formula is C42H37N3O3S. The van der Waals surface area contributed by atoms with Gasteiger partial charge in [0.1, 0.15) is 6.61 Å². The van der Waals surface area contributed by atoms with Crippen LogP contribution in [-0.2, 0) is 11.4 Å². The molecule has 0 spiro atoms. The second-order valence-electron chi connectivity index (χ2n) is 12.6. The van der Waals surface area contributed by atoms with Crippen molar-refractivity contribution in [2.75, 3.05) is 25.1 Å². The number of hydrogen-bond donors (Lipinski definition) is 1. The first-order chi connectivity index (χ1) is 24.1. The molecule has 1 amide bonds. The second-order valence-corrected chi connectivity index (χ2v) is 13.7. The second kappa shape index (κ2) is 13.7. The Morgan fingerprint density at radius 1 is 0.796 bits per heavy atom. The quantitative estimate of drug-likeness (QED) is 0.168. The van der Waals surface area contributed by atoms with E-state index in [1.54, 1.807) is 7.11 Å². The minimum Gasteiger partial charge on any atom is -0.493 e. The molecule has 3 heterocycles. The number of nitrogens with zero attached hydrogens (tertiary/aromatic N) is 2. The molecule has 2 atom stereocenters. The van der Waals surface area contributed by atoms with Crippen molar-refractivity contribution >= 4 is 40.3 Å². The van der Waals surface area contributed by atoms with Gasteiger partial charge in [-0.25, -0.2) is 4.99 Å². The number of amidine groups is 1. The predicted octanol–water partition coefficient (Wildman–Crippen LogP) is 9.04. The van der Waals surface area contributed by atoms with Crippen LogP contribution in [0.5, 0.6) is 11.5 Å². The van der Waals surface area contributed by atoms with E-state index in [0.717, 1.165) is 42.7 Å². The van der Waals surface area contributed by atoms with Crippen LogP contribution in [0.25, 0.3) is 6.08 Å². The van der Waals surface area contributed by atoms with Gasteiger partial charge in [-0.2, -0.15) is 0 Å². The van der Waals surface area contributed by atoms with Crippen molar-refractivity contribution in [3.63, 3.8) is 0 Å². The minimum absolute atomic E-state index is 0.165. The number of aliphatic imine (C=N–C) groups is 1. The third-order valence-electron chi connectivity index (χ3n) is 9.60. The smallest absolute Gasteiger partial charge is 0.264 e. The van der Waals surface area contributed by atoms with Crippen molar-refractivity contribution in [2.45, 2.75) is 31.3 Å². The number of rotatable bonds is 8. The average molecular weight is 664 g/mol. The molecule has 3 aliphatic rings. The Morgan fingerprint density at radius 3 is 2.02 bits per heavy atom. The Labute approximate surface area is 291 Å². The summed E-state index contributed by atoms with van der Waals surface area (Å²) < 4.78 is 11.7. The third-order valence-corrected chi connectivity index (χ3v) is 10.5. The van der Waals surface area contributed by atoms with Crippen LogP contribution in [-0.4, -0.2) is 31.3 Å². The molecule has 244 valence electrons. The molecule has 0 unspecified atom stereocenters. The summed E-state index contributed by atoms with van der Waals surface area (Å²) in [5, 5.41) is 3.59. The van der Waals surface area contributed by atoms with Crippen LogP contribution in [0.4, 0.5) is 11.4 Å². The van der Waals surface area contributed by atoms with Crippen LogP contribution in [0.2, 0.25) is 0 Å². The zero-order valence-electron chi connectivity index (χ0n) is 27.3. The lowest BCUT2D eigenvalue weighted by molar-refractivity contribution is -0.115. The molecule has 7 heteroatoms. The molecule has 49 heavy (non-hydrogen) atoms. The normalized spacial score (nSPS) is 19.9. The van der Waals surface area contributed by atoms with Gasteiger partial charge in [0.2, 0.25) is 0 Å². The van der Waals surface area contributed by atoms with Gasteiger partial charge in [0.25, 0.3) is 5.91 Å². The van der Waals surface area contributed by atoms with Gasteiger partial charge in [-0.05, 0) is 88.3 Å². The van der Waals surface area contributed by atoms with E-state index in [-0.39, 0.29) is 17.7 Å². The molecule has 0 bridgehead atoms. The Balaban J connectivity index is 1.10. The molecule has 0 aromatic heterocycles. The largest absolute Gasteiger partial charge is 0.493 e. The van der Waals surface area contributed by atoms with E-state index in [1.807, 2.05) is 54.6 Å². The van der Waals surface area contributed by atoms with Gasteiger partial charge in [0.15, 0.2) is 16.7 Å². The maximum atomic E-state index is 13.2. The lowest BCUT2D eigenvalue weighted by Gasteiger charge is -2.43. The molecule has 8 rings (SSSR count). The van der Waals surface area contributed by atoms with E-state index in [0.29, 0.717) is 28.2 Å². The standard InChI is InChI=1S/C42H37N3O3S/c1-47-38-23-29(17-18-37(38)48-27-28-11-5-2-6-12-28)24-39-41(46)44-42(49-39)43-32-25-35-33(30-13-7-3-8-14-30)19-21-45-22-20-34(36(26-32)40(35)45)31-15-9-4-10-16-31/h2-18,23-26,33-34H,19-22,27H2,1H3,(H,43,44,46)/b39-24-/t33-,34-/m0/s1. The number of hydrogen-bond acceptors (Lipinski definition) is 6. The maximum Gasteiger partial charge on any atom is 0.264 e. The number of ether oxygens (including phenoxy) is 2. The molecule has 0 radical (unpaired) electrons. The highest BCUT2D eigenvalue weighted by Gasteiger charge is 2.35. The number of carbonyl (C=O) groups is 1. The summed E-state index contributed by atoms with van der Waals surface area (Å²) in [6.45, 7) is 2.52. The number of carbonyl (C=O) groups excluding carboxylic acids is 1. The van der Waals surface area contributed by atoms with Crippen molar-refractivity contribution in [3.8, 4) is 11.5 Å². The average Bonchev–Trinajstić information content (AvgIpc) is 3.49. The van der Waals surface area contributed by atoms with E-state index < -0.39 is 0 Å². The SMILES string of the molecule is COc1cc(/C=C2\SC(=Nc3cc4c5c(c3)[C@H](c3ccccc3)CCN5CC[C@H]4c3ccccc3)NC2=O)ccc1OCc1ccccc1. The van der Waals surface area contributed by atoms with E-state index >= 15 is 0 Å². The van der Waals surface area contributed by atoms with Gasteiger partial charge in [0.05, 0.1) is 17.7 Å². The fraction of sp³-hybridized carbons (Fsp3) is 0.190. The van der Waals surface area contributed by atoms with Gasteiger partial charge >= 0.3 is 0 Å². The van der Waals surface area contributed by atoms with Crippen LogP contribution >= 0.6 is 11.8 Å². The Kier molecular flexibility index (Phi) is 8.67. The molecule has 5 aromatic rings. The van der Waals surface area contributed by atoms with Crippen molar-refractivity contribution < 1.29 is 14.3 Å². The first kappa shape index (κ1) is 31.0. The molecule has 6 nitrogen and oxygen atoms in total. The Bertz CT molecular complexity index is 1970. The third kappa shape index (κ3) is 6.46. The molecule has 1 saturated heterocycles. The van der Waals surface area contributed by atoms with Gasteiger partial charge in [-0.15, -0.1) is 0 Å². The maximum absolute atomic E-state index is 13.2. The number of thioether (sulfide) groups is 1. The van der Waals surface area contributed by atoms with Gasteiger partial charge < -0.3 is 19.7 Å². The van der Waals surface area contributed by atoms with Crippen LogP contribution < -0.4 is 19.7 Å². The lowest BCUT2D eigenvalue weighted by atomic mass is 9.76. The topological polar surface area (TPSA) is 63.2 Å². The summed E-state index contributed by atoms with van der Waals surface area (Å²) in [5.74, 6) is 1.67. The van der Waals surface area contributed by atoms with Crippen LogP contribution in [0.15, 0.2) is 131 Å². The summed E-state index contributed by atoms with van der Waals surface area (Å²) in [5.41, 5.74) is 9.45. The monoisotopic (exact) mass is 663 g/mol. The minimum atomic E-state index is -0.165. The van der Waals surface area contributed by atoms with Crippen molar-refractivity contribution in [2.24, 2.45) is 4.99 Å². The van der Waals surface area contributed by atoms with Crippen LogP contribution in [0, 0.1) is 0 Å². The van der Waals surface area contributed by atoms with Crippen molar-refractivity contribution in [1.82, 2.24) is 5.32 Å². The van der Waals surface area contributed by atoms with Gasteiger partial charge in [-0.1, -0.05) is 97.1 Å². The lowest BCUT2D eigenvalue weighted by Crippen LogP contribution is -2.37.